The molecular formula is C19H19NO4. The van der Waals surface area contributed by atoms with Crippen molar-refractivity contribution in [2.45, 2.75) is 31.4 Å². The van der Waals surface area contributed by atoms with Gasteiger partial charge in [0.1, 0.15) is 6.61 Å². The lowest BCUT2D eigenvalue weighted by molar-refractivity contribution is -0.138. The van der Waals surface area contributed by atoms with E-state index in [1.165, 1.54) is 0 Å². The summed E-state index contributed by atoms with van der Waals surface area (Å²) < 4.78 is 5.25. The van der Waals surface area contributed by atoms with Gasteiger partial charge in [0.15, 0.2) is 0 Å². The molecule has 0 aromatic heterocycles. The van der Waals surface area contributed by atoms with Crippen LogP contribution < -0.4 is 5.32 Å². The van der Waals surface area contributed by atoms with Gasteiger partial charge in [0, 0.05) is 0 Å². The van der Waals surface area contributed by atoms with E-state index < -0.39 is 17.6 Å². The molecular weight excluding hydrogens is 306 g/mol. The first-order valence-electron chi connectivity index (χ1n) is 7.84. The van der Waals surface area contributed by atoms with Gasteiger partial charge in [0.05, 0.1) is 12.0 Å². The minimum Gasteiger partial charge on any atom is -0.481 e. The number of amides is 1. The minimum atomic E-state index is -0.939. The zero-order valence-corrected chi connectivity index (χ0v) is 13.2. The number of hydrogen-bond donors (Lipinski definition) is 2. The van der Waals surface area contributed by atoms with E-state index in [0.717, 1.165) is 16.7 Å². The van der Waals surface area contributed by atoms with Gasteiger partial charge in [-0.3, -0.25) is 4.79 Å². The molecule has 0 saturated carbocycles. The van der Waals surface area contributed by atoms with Crippen LogP contribution >= 0.6 is 0 Å². The molecule has 2 N–H and O–H groups in total. The van der Waals surface area contributed by atoms with Crippen LogP contribution in [0.1, 0.15) is 23.1 Å². The Balaban J connectivity index is 1.67. The SMILES string of the molecule is O=C(O)CC1(NC(=O)OCc2ccccc2)Cc2ccccc2C1. The molecule has 124 valence electrons. The Kier molecular flexibility index (Phi) is 4.51. The number of alkyl carbamates (subject to hydrolysis) is 1. The summed E-state index contributed by atoms with van der Waals surface area (Å²) in [6.45, 7) is 0.156. The molecule has 0 bridgehead atoms. The number of ether oxygens (including phenoxy) is 1. The van der Waals surface area contributed by atoms with Crippen molar-refractivity contribution in [3.8, 4) is 0 Å². The molecule has 0 heterocycles. The molecule has 3 rings (SSSR count). The number of nitrogens with one attached hydrogen (secondary N) is 1. The number of carbonyl (C=O) groups excluding carboxylic acids is 1. The largest absolute Gasteiger partial charge is 0.481 e. The molecule has 2 aromatic rings. The molecule has 2 aromatic carbocycles. The summed E-state index contributed by atoms with van der Waals surface area (Å²) in [6.07, 6.45) is 0.265. The Labute approximate surface area is 140 Å². The zero-order chi connectivity index (χ0) is 17.0. The average Bonchev–Trinajstić information content (AvgIpc) is 2.90. The van der Waals surface area contributed by atoms with Gasteiger partial charge in [-0.05, 0) is 29.5 Å². The monoisotopic (exact) mass is 325 g/mol. The number of carboxylic acids is 1. The van der Waals surface area contributed by atoms with Gasteiger partial charge in [-0.1, -0.05) is 54.6 Å². The Morgan fingerprint density at radius 2 is 1.58 bits per heavy atom. The standard InChI is InChI=1S/C19H19NO4/c21-17(22)12-19(10-15-8-4-5-9-16(15)11-19)20-18(23)24-13-14-6-2-1-3-7-14/h1-9H,10-13H2,(H,20,23)(H,21,22). The number of carboxylic acid groups (broad SMARTS) is 1. The number of rotatable bonds is 5. The van der Waals surface area contributed by atoms with Crippen LogP contribution in [-0.2, 0) is 29.0 Å². The van der Waals surface area contributed by atoms with Crippen molar-refractivity contribution >= 4 is 12.1 Å². The average molecular weight is 325 g/mol. The second-order valence-electron chi connectivity index (χ2n) is 6.16. The first kappa shape index (κ1) is 16.1. The molecule has 5 nitrogen and oxygen atoms in total. The summed E-state index contributed by atoms with van der Waals surface area (Å²) >= 11 is 0. The highest BCUT2D eigenvalue weighted by atomic mass is 16.5. The molecule has 0 aliphatic heterocycles. The maximum Gasteiger partial charge on any atom is 0.407 e. The van der Waals surface area contributed by atoms with Gasteiger partial charge in [-0.2, -0.15) is 0 Å². The van der Waals surface area contributed by atoms with Gasteiger partial charge < -0.3 is 15.2 Å². The number of aliphatic carboxylic acids is 1. The molecule has 5 heteroatoms. The Bertz CT molecular complexity index is 717. The molecule has 1 aliphatic rings. The van der Waals surface area contributed by atoms with Gasteiger partial charge in [-0.25, -0.2) is 4.79 Å². The van der Waals surface area contributed by atoms with E-state index in [4.69, 9.17) is 4.74 Å². The van der Waals surface area contributed by atoms with Crippen LogP contribution in [0, 0.1) is 0 Å². The van der Waals surface area contributed by atoms with E-state index in [1.54, 1.807) is 0 Å². The lowest BCUT2D eigenvalue weighted by Gasteiger charge is -2.28. The van der Waals surface area contributed by atoms with Crippen molar-refractivity contribution in [2.24, 2.45) is 0 Å². The van der Waals surface area contributed by atoms with Crippen LogP contribution in [0.3, 0.4) is 0 Å². The zero-order valence-electron chi connectivity index (χ0n) is 13.2. The third-order valence-electron chi connectivity index (χ3n) is 4.25. The topological polar surface area (TPSA) is 75.6 Å². The maximum atomic E-state index is 12.2. The molecule has 24 heavy (non-hydrogen) atoms. The molecule has 0 unspecified atom stereocenters. The predicted octanol–water partition coefficient (Wildman–Crippen LogP) is 2.93. The van der Waals surface area contributed by atoms with Crippen LogP contribution in [0.25, 0.3) is 0 Å². The quantitative estimate of drug-likeness (QED) is 0.886. The van der Waals surface area contributed by atoms with E-state index in [2.05, 4.69) is 5.32 Å². The summed E-state index contributed by atoms with van der Waals surface area (Å²) in [7, 11) is 0. The van der Waals surface area contributed by atoms with Crippen molar-refractivity contribution in [2.75, 3.05) is 0 Å². The van der Waals surface area contributed by atoms with Crippen molar-refractivity contribution in [1.29, 1.82) is 0 Å². The van der Waals surface area contributed by atoms with Crippen molar-refractivity contribution in [3.05, 3.63) is 71.3 Å². The molecule has 0 spiro atoms. The van der Waals surface area contributed by atoms with E-state index in [1.807, 2.05) is 54.6 Å². The summed E-state index contributed by atoms with van der Waals surface area (Å²) in [5.41, 5.74) is 2.20. The highest BCUT2D eigenvalue weighted by Crippen LogP contribution is 2.32. The minimum absolute atomic E-state index is 0.137. The van der Waals surface area contributed by atoms with Crippen molar-refractivity contribution in [1.82, 2.24) is 5.32 Å². The second kappa shape index (κ2) is 6.74. The van der Waals surface area contributed by atoms with Gasteiger partial charge in [0.2, 0.25) is 0 Å². The lowest BCUT2D eigenvalue weighted by atomic mass is 9.92. The first-order chi connectivity index (χ1) is 11.6. The molecule has 0 radical (unpaired) electrons. The first-order valence-corrected chi connectivity index (χ1v) is 7.84. The van der Waals surface area contributed by atoms with Crippen LogP contribution in [0.5, 0.6) is 0 Å². The van der Waals surface area contributed by atoms with Crippen LogP contribution in [-0.4, -0.2) is 22.7 Å². The van der Waals surface area contributed by atoms with Crippen LogP contribution in [0.4, 0.5) is 4.79 Å². The molecule has 0 fully saturated rings. The second-order valence-corrected chi connectivity index (χ2v) is 6.16. The smallest absolute Gasteiger partial charge is 0.407 e. The summed E-state index contributed by atoms with van der Waals surface area (Å²) in [6, 6.07) is 17.1. The Hall–Kier alpha value is -2.82. The lowest BCUT2D eigenvalue weighted by Crippen LogP contribution is -2.51. The number of hydrogen-bond acceptors (Lipinski definition) is 3. The Morgan fingerprint density at radius 1 is 1.00 bits per heavy atom. The van der Waals surface area contributed by atoms with E-state index in [9.17, 15) is 14.7 Å². The third kappa shape index (κ3) is 3.74. The normalized spacial score (nSPS) is 14.7. The molecule has 0 saturated heterocycles. The van der Waals surface area contributed by atoms with Crippen LogP contribution in [0.15, 0.2) is 54.6 Å². The van der Waals surface area contributed by atoms with E-state index in [0.29, 0.717) is 12.8 Å². The molecule has 1 amide bonds. The van der Waals surface area contributed by atoms with Crippen LogP contribution in [0.2, 0.25) is 0 Å². The fraction of sp³-hybridized carbons (Fsp3) is 0.263. The number of fused-ring (bicyclic) bond motifs is 1. The Morgan fingerprint density at radius 3 is 2.17 bits per heavy atom. The summed E-state index contributed by atoms with van der Waals surface area (Å²) in [5, 5.41) is 12.0. The van der Waals surface area contributed by atoms with Gasteiger partial charge >= 0.3 is 12.1 Å². The maximum absolute atomic E-state index is 12.2. The highest BCUT2D eigenvalue weighted by molar-refractivity contribution is 5.73. The fourth-order valence-electron chi connectivity index (χ4n) is 3.22. The van der Waals surface area contributed by atoms with Crippen molar-refractivity contribution in [3.63, 3.8) is 0 Å². The summed E-state index contributed by atoms with van der Waals surface area (Å²) in [4.78, 5) is 23.5. The summed E-state index contributed by atoms with van der Waals surface area (Å²) in [5.74, 6) is -0.939. The highest BCUT2D eigenvalue weighted by Gasteiger charge is 2.40. The van der Waals surface area contributed by atoms with Crippen molar-refractivity contribution < 1.29 is 19.4 Å². The fourth-order valence-corrected chi connectivity index (χ4v) is 3.22. The molecule has 0 atom stereocenters. The van der Waals surface area contributed by atoms with Gasteiger partial charge in [0.25, 0.3) is 0 Å². The van der Waals surface area contributed by atoms with E-state index >= 15 is 0 Å². The number of benzene rings is 2. The number of carbonyl (C=O) groups is 2. The third-order valence-corrected chi connectivity index (χ3v) is 4.25. The molecule has 1 aliphatic carbocycles. The van der Waals surface area contributed by atoms with Gasteiger partial charge in [-0.15, -0.1) is 0 Å². The predicted molar refractivity (Wildman–Crippen MR) is 88.6 cm³/mol. The van der Waals surface area contributed by atoms with E-state index in [-0.39, 0.29) is 13.0 Å².